The Kier molecular flexibility index (Phi) is 9.06. The van der Waals surface area contributed by atoms with Crippen molar-refractivity contribution in [3.63, 3.8) is 0 Å². The molecule has 3 heterocycles. The number of nitrogens with zero attached hydrogens (tertiary/aromatic N) is 7. The first-order valence-electron chi connectivity index (χ1n) is 14.5. The number of anilines is 1. The van der Waals surface area contributed by atoms with Crippen LogP contribution in [0.1, 0.15) is 63.8 Å². The van der Waals surface area contributed by atoms with E-state index in [4.69, 9.17) is 4.74 Å². The third-order valence-corrected chi connectivity index (χ3v) is 7.28. The molecule has 1 N–H and O–H groups in total. The number of rotatable bonds is 11. The highest BCUT2D eigenvalue weighted by Gasteiger charge is 2.29. The molecule has 0 radical (unpaired) electrons. The van der Waals surface area contributed by atoms with Gasteiger partial charge in [-0.05, 0) is 31.4 Å². The van der Waals surface area contributed by atoms with Gasteiger partial charge in [0.05, 0.1) is 43.4 Å². The van der Waals surface area contributed by atoms with Crippen molar-refractivity contribution >= 4 is 17.5 Å². The van der Waals surface area contributed by atoms with E-state index < -0.39 is 0 Å². The van der Waals surface area contributed by atoms with Crippen LogP contribution in [0.25, 0.3) is 22.5 Å². The molecule has 0 saturated heterocycles. The van der Waals surface area contributed by atoms with Gasteiger partial charge in [-0.3, -0.25) is 9.59 Å². The number of amides is 2. The minimum atomic E-state index is -0.187. The van der Waals surface area contributed by atoms with Gasteiger partial charge in [-0.1, -0.05) is 66.7 Å². The topological polar surface area (TPSA) is 120 Å². The molecule has 1 aliphatic rings. The van der Waals surface area contributed by atoms with Crippen LogP contribution in [0.4, 0.5) is 5.69 Å². The number of fused-ring (bicyclic) bond motifs is 5. The summed E-state index contributed by atoms with van der Waals surface area (Å²) in [6, 6.07) is 15.9. The van der Waals surface area contributed by atoms with E-state index in [1.165, 1.54) is 0 Å². The van der Waals surface area contributed by atoms with Gasteiger partial charge in [-0.25, -0.2) is 9.36 Å². The minimum absolute atomic E-state index is 0.0826. The molecule has 2 aromatic carbocycles. The van der Waals surface area contributed by atoms with Gasteiger partial charge in [0, 0.05) is 42.8 Å². The van der Waals surface area contributed by atoms with E-state index in [1.807, 2.05) is 53.3 Å². The number of para-hydroxylation sites is 1. The lowest BCUT2D eigenvalue weighted by molar-refractivity contribution is -0.125. The first-order chi connectivity index (χ1) is 20.3. The number of benzene rings is 2. The maximum Gasteiger partial charge on any atom is 0.227 e. The van der Waals surface area contributed by atoms with Crippen molar-refractivity contribution in [1.82, 2.24) is 35.3 Å². The molecule has 11 nitrogen and oxygen atoms in total. The molecular weight excluding hydrogens is 532 g/mol. The van der Waals surface area contributed by atoms with Crippen LogP contribution in [0.5, 0.6) is 0 Å². The Labute approximate surface area is 245 Å². The van der Waals surface area contributed by atoms with E-state index in [0.717, 1.165) is 39.5 Å². The monoisotopic (exact) mass is 570 g/mol. The van der Waals surface area contributed by atoms with Gasteiger partial charge >= 0.3 is 0 Å². The summed E-state index contributed by atoms with van der Waals surface area (Å²) in [7, 11) is 0. The number of nitrogens with one attached hydrogen (secondary N) is 1. The highest BCUT2D eigenvalue weighted by molar-refractivity contribution is 6.01. The molecule has 4 aromatic rings. The van der Waals surface area contributed by atoms with Crippen LogP contribution in [-0.2, 0) is 27.4 Å². The van der Waals surface area contributed by atoms with E-state index >= 15 is 0 Å². The van der Waals surface area contributed by atoms with E-state index in [0.29, 0.717) is 38.8 Å². The second-order valence-electron chi connectivity index (χ2n) is 11.0. The van der Waals surface area contributed by atoms with Crippen LogP contribution in [0.2, 0.25) is 0 Å². The summed E-state index contributed by atoms with van der Waals surface area (Å²) in [6.07, 6.45) is 2.09. The van der Waals surface area contributed by atoms with Crippen molar-refractivity contribution in [2.24, 2.45) is 0 Å². The van der Waals surface area contributed by atoms with Crippen LogP contribution >= 0.6 is 0 Å². The van der Waals surface area contributed by atoms with Gasteiger partial charge in [-0.2, -0.15) is 0 Å². The van der Waals surface area contributed by atoms with Crippen molar-refractivity contribution in [3.05, 3.63) is 66.0 Å². The molecule has 42 heavy (non-hydrogen) atoms. The third-order valence-electron chi connectivity index (χ3n) is 7.28. The number of hydrogen-bond donors (Lipinski definition) is 1. The molecule has 1 aliphatic heterocycles. The largest absolute Gasteiger partial charge is 0.378 e. The van der Waals surface area contributed by atoms with E-state index in [1.54, 1.807) is 9.58 Å². The average Bonchev–Trinajstić information content (AvgIpc) is 3.64. The van der Waals surface area contributed by atoms with Crippen molar-refractivity contribution in [3.8, 4) is 22.5 Å². The second kappa shape index (κ2) is 13.1. The van der Waals surface area contributed by atoms with Crippen LogP contribution in [0.15, 0.2) is 54.7 Å². The Morgan fingerprint density at radius 1 is 0.929 bits per heavy atom. The maximum absolute atomic E-state index is 13.6. The normalized spacial score (nSPS) is 12.5. The quantitative estimate of drug-likeness (QED) is 0.266. The zero-order valence-corrected chi connectivity index (χ0v) is 24.7. The number of carbonyl (C=O) groups is 2. The fraction of sp³-hybridized carbons (Fsp3) is 0.419. The number of ether oxygens (including phenoxy) is 1. The minimum Gasteiger partial charge on any atom is -0.378 e. The predicted octanol–water partition coefficient (Wildman–Crippen LogP) is 4.37. The Morgan fingerprint density at radius 2 is 1.69 bits per heavy atom. The first-order valence-corrected chi connectivity index (χ1v) is 14.5. The van der Waals surface area contributed by atoms with Gasteiger partial charge in [0.2, 0.25) is 11.8 Å². The lowest BCUT2D eigenvalue weighted by atomic mass is 9.95. The summed E-state index contributed by atoms with van der Waals surface area (Å²) in [6.45, 7) is 10.5. The second-order valence-corrected chi connectivity index (χ2v) is 11.0. The van der Waals surface area contributed by atoms with Gasteiger partial charge in [0.25, 0.3) is 0 Å². The smallest absolute Gasteiger partial charge is 0.227 e. The highest BCUT2D eigenvalue weighted by atomic mass is 16.5. The van der Waals surface area contributed by atoms with Crippen molar-refractivity contribution in [1.29, 1.82) is 0 Å². The van der Waals surface area contributed by atoms with Crippen LogP contribution < -0.4 is 10.2 Å². The lowest BCUT2D eigenvalue weighted by Crippen LogP contribution is -2.34. The Bertz CT molecular complexity index is 1540. The first kappa shape index (κ1) is 29.1. The van der Waals surface area contributed by atoms with Gasteiger partial charge in [-0.15, -0.1) is 10.2 Å². The number of hydrogen-bond acceptors (Lipinski definition) is 7. The molecule has 2 aromatic heterocycles. The molecule has 220 valence electrons. The highest BCUT2D eigenvalue weighted by Crippen LogP contribution is 2.41. The van der Waals surface area contributed by atoms with Crippen molar-refractivity contribution in [2.45, 2.75) is 65.6 Å². The Balaban J connectivity index is 1.20. The molecule has 2 amide bonds. The fourth-order valence-electron chi connectivity index (χ4n) is 5.02. The third kappa shape index (κ3) is 6.41. The maximum atomic E-state index is 13.6. The van der Waals surface area contributed by atoms with Crippen molar-refractivity contribution < 1.29 is 14.3 Å². The summed E-state index contributed by atoms with van der Waals surface area (Å²) in [5, 5.41) is 20.1. The molecule has 11 heteroatoms. The molecule has 0 spiro atoms. The number of carbonyl (C=O) groups excluding carboxylic acids is 2. The summed E-state index contributed by atoms with van der Waals surface area (Å²) in [4.78, 5) is 28.0. The predicted molar refractivity (Wildman–Crippen MR) is 160 cm³/mol. The van der Waals surface area contributed by atoms with E-state index in [9.17, 15) is 9.59 Å². The lowest BCUT2D eigenvalue weighted by Gasteiger charge is -2.28. The van der Waals surface area contributed by atoms with Gasteiger partial charge in [0.15, 0.2) is 0 Å². The summed E-state index contributed by atoms with van der Waals surface area (Å²) in [5.41, 5.74) is 6.24. The van der Waals surface area contributed by atoms with Crippen molar-refractivity contribution in [2.75, 3.05) is 24.7 Å². The zero-order valence-electron chi connectivity index (χ0n) is 24.7. The molecule has 0 aliphatic carbocycles. The van der Waals surface area contributed by atoms with Crippen LogP contribution in [0, 0.1) is 0 Å². The summed E-state index contributed by atoms with van der Waals surface area (Å²) >= 11 is 0. The van der Waals surface area contributed by atoms with Crippen LogP contribution in [-0.4, -0.2) is 61.6 Å². The molecular formula is C31H38N8O3. The molecule has 0 saturated carbocycles. The zero-order chi connectivity index (χ0) is 29.6. The van der Waals surface area contributed by atoms with E-state index in [-0.39, 0.29) is 30.7 Å². The van der Waals surface area contributed by atoms with Crippen LogP contribution in [0.3, 0.4) is 0 Å². The van der Waals surface area contributed by atoms with Gasteiger partial charge < -0.3 is 15.0 Å². The Hall–Kier alpha value is -4.38. The Morgan fingerprint density at radius 3 is 2.45 bits per heavy atom. The van der Waals surface area contributed by atoms with E-state index in [2.05, 4.69) is 59.7 Å². The molecule has 0 fully saturated rings. The average molecular weight is 571 g/mol. The van der Waals surface area contributed by atoms with Gasteiger partial charge in [0.1, 0.15) is 5.69 Å². The molecule has 0 unspecified atom stereocenters. The molecule has 0 bridgehead atoms. The standard InChI is InChI=1S/C31H38N8O3/c1-21(2)26-20-37(35-33-26)16-18-42-17-15-32-28(40)13-14-29(41)38-19-23-9-5-6-10-24(23)31-30(34-36-39(31)22(3)4)25-11-7-8-12-27(25)38/h5-12,20-22H,13-19H2,1-4H3,(H,32,40). The summed E-state index contributed by atoms with van der Waals surface area (Å²) in [5.74, 6) is 0.0144. The number of aromatic nitrogens is 6. The molecule has 5 rings (SSSR count). The fourth-order valence-corrected chi connectivity index (χ4v) is 5.02. The summed E-state index contributed by atoms with van der Waals surface area (Å²) < 4.78 is 9.33. The molecule has 0 atom stereocenters. The SMILES string of the molecule is CC(C)c1cn(CCOCCNC(=O)CCC(=O)N2Cc3ccccc3-c3c(nnn3C(C)C)-c3ccccc32)nn1.